The Morgan fingerprint density at radius 2 is 2.21 bits per heavy atom. The average molecular weight is 263 g/mol. The molecule has 0 bridgehead atoms. The Morgan fingerprint density at radius 3 is 2.84 bits per heavy atom. The van der Waals surface area contributed by atoms with Gasteiger partial charge in [0.05, 0.1) is 11.3 Å². The summed E-state index contributed by atoms with van der Waals surface area (Å²) in [6, 6.07) is 4.60. The van der Waals surface area contributed by atoms with Gasteiger partial charge in [0, 0.05) is 6.54 Å². The van der Waals surface area contributed by atoms with Crippen LogP contribution in [0.2, 0.25) is 0 Å². The molecule has 0 fully saturated rings. The average Bonchev–Trinajstić information content (AvgIpc) is 2.39. The summed E-state index contributed by atoms with van der Waals surface area (Å²) in [5.74, 6) is -0.569. The van der Waals surface area contributed by atoms with Gasteiger partial charge in [-0.3, -0.25) is 4.79 Å². The van der Waals surface area contributed by atoms with E-state index >= 15 is 0 Å². The van der Waals surface area contributed by atoms with Gasteiger partial charge in [-0.05, 0) is 31.5 Å². The highest BCUT2D eigenvalue weighted by Crippen LogP contribution is 2.35. The number of hydrogen-bond acceptors (Lipinski definition) is 3. The van der Waals surface area contributed by atoms with Gasteiger partial charge in [-0.2, -0.15) is 0 Å². The summed E-state index contributed by atoms with van der Waals surface area (Å²) in [5.41, 5.74) is 0.711. The molecule has 1 heterocycles. The number of rotatable bonds is 4. The molecule has 1 aromatic carbocycles. The number of aromatic carboxylic acids is 1. The van der Waals surface area contributed by atoms with E-state index in [9.17, 15) is 9.59 Å². The van der Waals surface area contributed by atoms with Gasteiger partial charge in [0.2, 0.25) is 0 Å². The van der Waals surface area contributed by atoms with Crippen LogP contribution in [0, 0.1) is 0 Å². The number of carboxylic acids is 1. The molecule has 1 unspecified atom stereocenters. The lowest BCUT2D eigenvalue weighted by molar-refractivity contribution is -0.125. The summed E-state index contributed by atoms with van der Waals surface area (Å²) in [6.45, 7) is 4.33. The molecule has 1 atom stereocenters. The molecule has 5 heteroatoms. The first-order valence-electron chi connectivity index (χ1n) is 6.40. The molecule has 1 N–H and O–H groups in total. The second kappa shape index (κ2) is 5.30. The first-order chi connectivity index (χ1) is 9.04. The lowest BCUT2D eigenvalue weighted by Gasteiger charge is -2.33. The molecule has 1 aliphatic rings. The van der Waals surface area contributed by atoms with Crippen LogP contribution in [0.15, 0.2) is 18.2 Å². The largest absolute Gasteiger partial charge is 0.479 e. The van der Waals surface area contributed by atoms with Crippen molar-refractivity contribution in [3.63, 3.8) is 0 Å². The van der Waals surface area contributed by atoms with Gasteiger partial charge in [-0.15, -0.1) is 0 Å². The highest BCUT2D eigenvalue weighted by molar-refractivity contribution is 6.01. The van der Waals surface area contributed by atoms with Gasteiger partial charge < -0.3 is 14.7 Å². The van der Waals surface area contributed by atoms with E-state index in [-0.39, 0.29) is 11.5 Å². The second-order valence-corrected chi connectivity index (χ2v) is 4.59. The number of ether oxygens (including phenoxy) is 1. The maximum Gasteiger partial charge on any atom is 0.335 e. The number of hydrogen-bond donors (Lipinski definition) is 1. The van der Waals surface area contributed by atoms with Crippen molar-refractivity contribution in [3.8, 4) is 5.75 Å². The first kappa shape index (κ1) is 13.4. The zero-order chi connectivity index (χ0) is 14.0. The van der Waals surface area contributed by atoms with Gasteiger partial charge in [0.1, 0.15) is 5.75 Å². The van der Waals surface area contributed by atoms with Crippen molar-refractivity contribution >= 4 is 17.6 Å². The van der Waals surface area contributed by atoms with Crippen molar-refractivity contribution in [1.82, 2.24) is 0 Å². The molecule has 1 aliphatic heterocycles. The molecule has 1 amide bonds. The Bertz CT molecular complexity index is 512. The summed E-state index contributed by atoms with van der Waals surface area (Å²) in [4.78, 5) is 24.8. The molecule has 0 saturated heterocycles. The van der Waals surface area contributed by atoms with E-state index in [2.05, 4.69) is 0 Å². The monoisotopic (exact) mass is 263 g/mol. The van der Waals surface area contributed by atoms with E-state index in [1.165, 1.54) is 12.1 Å². The molecular formula is C14H17NO4. The highest BCUT2D eigenvalue weighted by atomic mass is 16.5. The van der Waals surface area contributed by atoms with E-state index in [4.69, 9.17) is 9.84 Å². The van der Waals surface area contributed by atoms with Crippen molar-refractivity contribution in [3.05, 3.63) is 23.8 Å². The summed E-state index contributed by atoms with van der Waals surface area (Å²) in [7, 11) is 0. The lowest BCUT2D eigenvalue weighted by atomic mass is 10.1. The summed E-state index contributed by atoms with van der Waals surface area (Å²) in [6.07, 6.45) is 1.31. The van der Waals surface area contributed by atoms with Gasteiger partial charge in [0.25, 0.3) is 5.91 Å². The smallest absolute Gasteiger partial charge is 0.335 e. The van der Waals surface area contributed by atoms with Crippen LogP contribution in [0.4, 0.5) is 5.69 Å². The zero-order valence-electron chi connectivity index (χ0n) is 11.0. The number of benzene rings is 1. The quantitative estimate of drug-likeness (QED) is 0.905. The van der Waals surface area contributed by atoms with E-state index in [0.29, 0.717) is 18.0 Å². The van der Waals surface area contributed by atoms with Crippen LogP contribution < -0.4 is 9.64 Å². The predicted molar refractivity (Wildman–Crippen MR) is 70.8 cm³/mol. The molecule has 0 aromatic heterocycles. The standard InChI is InChI=1S/C14H17NO4/c1-3-4-7-15-11-8-10(14(17)18)5-6-12(11)19-9(2)13(15)16/h5-6,8-9H,3-4,7H2,1-2H3,(H,17,18). The molecule has 102 valence electrons. The van der Waals surface area contributed by atoms with Crippen molar-refractivity contribution in [2.24, 2.45) is 0 Å². The zero-order valence-corrected chi connectivity index (χ0v) is 11.0. The lowest BCUT2D eigenvalue weighted by Crippen LogP contribution is -2.45. The Balaban J connectivity index is 2.41. The summed E-state index contributed by atoms with van der Waals surface area (Å²) < 4.78 is 5.50. The van der Waals surface area contributed by atoms with Crippen LogP contribution in [0.3, 0.4) is 0 Å². The third-order valence-electron chi connectivity index (χ3n) is 3.15. The van der Waals surface area contributed by atoms with E-state index in [1.54, 1.807) is 17.9 Å². The van der Waals surface area contributed by atoms with Crippen molar-refractivity contribution in [2.45, 2.75) is 32.8 Å². The van der Waals surface area contributed by atoms with Crippen LogP contribution >= 0.6 is 0 Å². The Kier molecular flexibility index (Phi) is 3.74. The number of anilines is 1. The molecule has 2 rings (SSSR count). The Morgan fingerprint density at radius 1 is 1.47 bits per heavy atom. The number of carbonyl (C=O) groups excluding carboxylic acids is 1. The predicted octanol–water partition coefficient (Wildman–Crippen LogP) is 2.30. The molecule has 5 nitrogen and oxygen atoms in total. The van der Waals surface area contributed by atoms with E-state index < -0.39 is 12.1 Å². The van der Waals surface area contributed by atoms with E-state index in [0.717, 1.165) is 12.8 Å². The molecular weight excluding hydrogens is 246 g/mol. The Labute approximate surface area is 111 Å². The SMILES string of the molecule is CCCCN1C(=O)C(C)Oc2ccc(C(=O)O)cc21. The minimum atomic E-state index is -1.01. The number of nitrogens with zero attached hydrogens (tertiary/aromatic N) is 1. The Hall–Kier alpha value is -2.04. The molecule has 0 saturated carbocycles. The van der Waals surface area contributed by atoms with Crippen molar-refractivity contribution < 1.29 is 19.4 Å². The van der Waals surface area contributed by atoms with Crippen LogP contribution in [-0.2, 0) is 4.79 Å². The third-order valence-corrected chi connectivity index (χ3v) is 3.15. The fourth-order valence-corrected chi connectivity index (χ4v) is 2.09. The van der Waals surface area contributed by atoms with Gasteiger partial charge >= 0.3 is 5.97 Å². The van der Waals surface area contributed by atoms with Crippen LogP contribution in [-0.4, -0.2) is 29.6 Å². The van der Waals surface area contributed by atoms with Crippen LogP contribution in [0.1, 0.15) is 37.0 Å². The van der Waals surface area contributed by atoms with Crippen LogP contribution in [0.25, 0.3) is 0 Å². The summed E-state index contributed by atoms with van der Waals surface area (Å²) >= 11 is 0. The number of amides is 1. The number of unbranched alkanes of at least 4 members (excludes halogenated alkanes) is 1. The minimum absolute atomic E-state index is 0.122. The van der Waals surface area contributed by atoms with Crippen LogP contribution in [0.5, 0.6) is 5.75 Å². The van der Waals surface area contributed by atoms with Gasteiger partial charge in [0.15, 0.2) is 6.10 Å². The molecule has 1 aromatic rings. The maximum atomic E-state index is 12.1. The van der Waals surface area contributed by atoms with E-state index in [1.807, 2.05) is 6.92 Å². The normalized spacial score (nSPS) is 17.9. The number of carboxylic acid groups (broad SMARTS) is 1. The fraction of sp³-hybridized carbons (Fsp3) is 0.429. The van der Waals surface area contributed by atoms with Gasteiger partial charge in [-0.25, -0.2) is 4.79 Å². The van der Waals surface area contributed by atoms with Crippen molar-refractivity contribution in [2.75, 3.05) is 11.4 Å². The highest BCUT2D eigenvalue weighted by Gasteiger charge is 2.31. The second-order valence-electron chi connectivity index (χ2n) is 4.59. The first-order valence-corrected chi connectivity index (χ1v) is 6.40. The minimum Gasteiger partial charge on any atom is -0.479 e. The number of carbonyl (C=O) groups is 2. The number of fused-ring (bicyclic) bond motifs is 1. The van der Waals surface area contributed by atoms with Crippen molar-refractivity contribution in [1.29, 1.82) is 0 Å². The summed E-state index contributed by atoms with van der Waals surface area (Å²) in [5, 5.41) is 9.02. The maximum absolute atomic E-state index is 12.1. The molecule has 0 spiro atoms. The fourth-order valence-electron chi connectivity index (χ4n) is 2.09. The van der Waals surface area contributed by atoms with Gasteiger partial charge in [-0.1, -0.05) is 13.3 Å². The molecule has 0 radical (unpaired) electrons. The molecule has 0 aliphatic carbocycles. The molecule has 19 heavy (non-hydrogen) atoms. The third kappa shape index (κ3) is 2.54. The topological polar surface area (TPSA) is 66.8 Å².